The van der Waals surface area contributed by atoms with E-state index in [0.29, 0.717) is 11.6 Å². The molecule has 0 N–H and O–H groups in total. The lowest BCUT2D eigenvalue weighted by atomic mass is 9.83. The van der Waals surface area contributed by atoms with Crippen molar-refractivity contribution in [1.29, 1.82) is 0 Å². The number of aryl methyl sites for hydroxylation is 2. The van der Waals surface area contributed by atoms with E-state index in [1.807, 2.05) is 12.3 Å². The van der Waals surface area contributed by atoms with Crippen molar-refractivity contribution in [2.24, 2.45) is 0 Å². The van der Waals surface area contributed by atoms with Crippen molar-refractivity contribution in [2.75, 3.05) is 6.61 Å². The summed E-state index contributed by atoms with van der Waals surface area (Å²) in [5.41, 5.74) is 2.95. The SMILES string of the molecule is CCCCc1cnc(C)c(F)c1.c1ccc([C@@H]2CCOC3(CCCC3)C2)nc1. The first-order valence-corrected chi connectivity index (χ1v) is 10.8. The van der Waals surface area contributed by atoms with Crippen molar-refractivity contribution in [3.63, 3.8) is 0 Å². The Morgan fingerprint density at radius 2 is 2.04 bits per heavy atom. The van der Waals surface area contributed by atoms with E-state index in [1.165, 1.54) is 37.8 Å². The number of rotatable bonds is 4. The molecule has 2 aliphatic rings. The molecular weight excluding hydrogens is 351 g/mol. The van der Waals surface area contributed by atoms with Gasteiger partial charge < -0.3 is 4.74 Å². The zero-order valence-electron chi connectivity index (χ0n) is 17.3. The first-order chi connectivity index (χ1) is 13.6. The minimum Gasteiger partial charge on any atom is -0.375 e. The van der Waals surface area contributed by atoms with Crippen LogP contribution in [0, 0.1) is 12.7 Å². The molecule has 1 aliphatic carbocycles. The fraction of sp³-hybridized carbons (Fsp3) is 0.583. The molecule has 28 heavy (non-hydrogen) atoms. The maximum absolute atomic E-state index is 12.9. The summed E-state index contributed by atoms with van der Waals surface area (Å²) >= 11 is 0. The summed E-state index contributed by atoms with van der Waals surface area (Å²) < 4.78 is 19.0. The van der Waals surface area contributed by atoms with Crippen molar-refractivity contribution in [1.82, 2.24) is 9.97 Å². The zero-order valence-corrected chi connectivity index (χ0v) is 17.3. The van der Waals surface area contributed by atoms with E-state index in [4.69, 9.17) is 4.74 Å². The Kier molecular flexibility index (Phi) is 7.55. The van der Waals surface area contributed by atoms with Crippen LogP contribution in [0.3, 0.4) is 0 Å². The van der Waals surface area contributed by atoms with Crippen molar-refractivity contribution < 1.29 is 9.13 Å². The molecule has 0 bridgehead atoms. The minimum atomic E-state index is -0.191. The molecule has 1 atom stereocenters. The number of pyridine rings is 2. The van der Waals surface area contributed by atoms with E-state index >= 15 is 0 Å². The Bertz CT molecular complexity index is 729. The normalized spacial score (nSPS) is 20.6. The summed E-state index contributed by atoms with van der Waals surface area (Å²) in [6.07, 6.45) is 14.4. The van der Waals surface area contributed by atoms with Gasteiger partial charge in [0.05, 0.1) is 11.3 Å². The zero-order chi connectivity index (χ0) is 19.8. The molecule has 0 unspecified atom stereocenters. The number of unbranched alkanes of at least 4 members (excludes halogenated alkanes) is 1. The number of halogens is 1. The van der Waals surface area contributed by atoms with Gasteiger partial charge in [0, 0.05) is 30.6 Å². The van der Waals surface area contributed by atoms with Gasteiger partial charge in [-0.2, -0.15) is 0 Å². The van der Waals surface area contributed by atoms with Crippen LogP contribution in [0.2, 0.25) is 0 Å². The highest BCUT2D eigenvalue weighted by atomic mass is 19.1. The van der Waals surface area contributed by atoms with Crippen molar-refractivity contribution >= 4 is 0 Å². The van der Waals surface area contributed by atoms with Gasteiger partial charge in [-0.05, 0) is 69.2 Å². The second kappa shape index (κ2) is 10.1. The van der Waals surface area contributed by atoms with E-state index in [9.17, 15) is 4.39 Å². The Hall–Kier alpha value is -1.81. The highest BCUT2D eigenvalue weighted by molar-refractivity contribution is 5.15. The van der Waals surface area contributed by atoms with Gasteiger partial charge in [0.15, 0.2) is 0 Å². The van der Waals surface area contributed by atoms with E-state index < -0.39 is 0 Å². The first kappa shape index (κ1) is 20.9. The highest BCUT2D eigenvalue weighted by Crippen LogP contribution is 2.44. The fourth-order valence-electron chi connectivity index (χ4n) is 4.33. The molecule has 1 saturated heterocycles. The van der Waals surface area contributed by atoms with E-state index in [-0.39, 0.29) is 11.4 Å². The summed E-state index contributed by atoms with van der Waals surface area (Å²) in [6, 6.07) is 7.84. The number of ether oxygens (including phenoxy) is 1. The van der Waals surface area contributed by atoms with Crippen LogP contribution in [0.25, 0.3) is 0 Å². The summed E-state index contributed by atoms with van der Waals surface area (Å²) in [5, 5.41) is 0. The number of aromatic nitrogens is 2. The van der Waals surface area contributed by atoms with Gasteiger partial charge in [0.1, 0.15) is 5.82 Å². The summed E-state index contributed by atoms with van der Waals surface area (Å²) in [4.78, 5) is 8.46. The standard InChI is InChI=1S/C14H19NO.C10H14FN/c1-4-9-15-13(5-1)12-6-10-16-14(11-12)7-2-3-8-14;1-3-4-5-9-6-10(11)8(2)12-7-9/h1,4-5,9,12H,2-3,6-8,10-11H2;6-7H,3-5H2,1-2H3/t12-;/m1./s1. The van der Waals surface area contributed by atoms with Gasteiger partial charge in [-0.25, -0.2) is 4.39 Å². The van der Waals surface area contributed by atoms with Crippen molar-refractivity contribution in [2.45, 2.75) is 83.2 Å². The molecular formula is C24H33FN2O. The molecule has 1 spiro atoms. The monoisotopic (exact) mass is 384 g/mol. The Balaban J connectivity index is 0.000000169. The van der Waals surface area contributed by atoms with E-state index in [1.54, 1.807) is 19.2 Å². The second-order valence-electron chi connectivity index (χ2n) is 8.20. The molecule has 1 aliphatic heterocycles. The lowest BCUT2D eigenvalue weighted by Gasteiger charge is -2.38. The molecule has 0 aromatic carbocycles. The molecule has 3 nitrogen and oxygen atoms in total. The van der Waals surface area contributed by atoms with Crippen molar-refractivity contribution in [3.8, 4) is 0 Å². The smallest absolute Gasteiger partial charge is 0.144 e. The van der Waals surface area contributed by atoms with Crippen LogP contribution >= 0.6 is 0 Å². The lowest BCUT2D eigenvalue weighted by molar-refractivity contribution is -0.0809. The maximum atomic E-state index is 12.9. The molecule has 2 fully saturated rings. The predicted molar refractivity (Wildman–Crippen MR) is 111 cm³/mol. The maximum Gasteiger partial charge on any atom is 0.144 e. The predicted octanol–water partition coefficient (Wildman–Crippen LogP) is 6.16. The minimum absolute atomic E-state index is 0.191. The van der Waals surface area contributed by atoms with Gasteiger partial charge in [0.25, 0.3) is 0 Å². The van der Waals surface area contributed by atoms with Crippen LogP contribution in [0.4, 0.5) is 4.39 Å². The molecule has 1 saturated carbocycles. The molecule has 4 heteroatoms. The molecule has 3 heterocycles. The van der Waals surface area contributed by atoms with Crippen molar-refractivity contribution in [3.05, 3.63) is 59.4 Å². The van der Waals surface area contributed by atoms with Gasteiger partial charge in [0.2, 0.25) is 0 Å². The third-order valence-corrected chi connectivity index (χ3v) is 6.01. The summed E-state index contributed by atoms with van der Waals surface area (Å²) in [7, 11) is 0. The fourth-order valence-corrected chi connectivity index (χ4v) is 4.33. The molecule has 0 radical (unpaired) electrons. The second-order valence-corrected chi connectivity index (χ2v) is 8.20. The van der Waals surface area contributed by atoms with Crippen LogP contribution in [-0.4, -0.2) is 22.2 Å². The van der Waals surface area contributed by atoms with Crippen LogP contribution in [-0.2, 0) is 11.2 Å². The van der Waals surface area contributed by atoms with Gasteiger partial charge in [-0.15, -0.1) is 0 Å². The molecule has 2 aromatic heterocycles. The number of nitrogens with zero attached hydrogens (tertiary/aromatic N) is 2. The topological polar surface area (TPSA) is 35.0 Å². The average molecular weight is 385 g/mol. The van der Waals surface area contributed by atoms with E-state index in [0.717, 1.165) is 37.9 Å². The third-order valence-electron chi connectivity index (χ3n) is 6.01. The van der Waals surface area contributed by atoms with Gasteiger partial charge in [-0.3, -0.25) is 9.97 Å². The number of hydrogen-bond acceptors (Lipinski definition) is 3. The molecule has 4 rings (SSSR count). The third kappa shape index (κ3) is 5.60. The summed E-state index contributed by atoms with van der Waals surface area (Å²) in [5.74, 6) is 0.427. The summed E-state index contributed by atoms with van der Waals surface area (Å²) in [6.45, 7) is 4.72. The Labute approximate surface area is 168 Å². The van der Waals surface area contributed by atoms with Gasteiger partial charge >= 0.3 is 0 Å². The molecule has 152 valence electrons. The first-order valence-electron chi connectivity index (χ1n) is 10.8. The van der Waals surface area contributed by atoms with Crippen LogP contribution in [0.5, 0.6) is 0 Å². The van der Waals surface area contributed by atoms with Crippen LogP contribution in [0.1, 0.15) is 81.2 Å². The quantitative estimate of drug-likeness (QED) is 0.633. The highest BCUT2D eigenvalue weighted by Gasteiger charge is 2.40. The largest absolute Gasteiger partial charge is 0.375 e. The number of hydrogen-bond donors (Lipinski definition) is 0. The van der Waals surface area contributed by atoms with Gasteiger partial charge in [-0.1, -0.05) is 32.3 Å². The Morgan fingerprint density at radius 1 is 1.21 bits per heavy atom. The van der Waals surface area contributed by atoms with E-state index in [2.05, 4.69) is 29.0 Å². The average Bonchev–Trinajstić information content (AvgIpc) is 3.17. The molecule has 0 amide bonds. The Morgan fingerprint density at radius 3 is 2.71 bits per heavy atom. The van der Waals surface area contributed by atoms with Crippen LogP contribution in [0.15, 0.2) is 36.7 Å². The van der Waals surface area contributed by atoms with Crippen LogP contribution < -0.4 is 0 Å². The lowest BCUT2D eigenvalue weighted by Crippen LogP contribution is -2.36. The molecule has 2 aromatic rings.